The van der Waals surface area contributed by atoms with Gasteiger partial charge >= 0.3 is 0 Å². The van der Waals surface area contributed by atoms with Gasteiger partial charge in [-0.1, -0.05) is 24.6 Å². The van der Waals surface area contributed by atoms with E-state index in [1.807, 2.05) is 35.4 Å². The third-order valence-corrected chi connectivity index (χ3v) is 5.05. The predicted octanol–water partition coefficient (Wildman–Crippen LogP) is 3.56. The Labute approximate surface area is 146 Å². The molecule has 1 aromatic carbocycles. The van der Waals surface area contributed by atoms with Crippen molar-refractivity contribution in [3.05, 3.63) is 46.7 Å². The summed E-state index contributed by atoms with van der Waals surface area (Å²) in [6.45, 7) is 3.40. The van der Waals surface area contributed by atoms with Gasteiger partial charge in [-0.2, -0.15) is 0 Å². The van der Waals surface area contributed by atoms with Crippen LogP contribution in [0.4, 0.5) is 11.6 Å². The molecule has 1 amide bonds. The van der Waals surface area contributed by atoms with Crippen LogP contribution in [-0.2, 0) is 17.8 Å². The number of nitrogens with zero attached hydrogens (tertiary/aromatic N) is 3. The number of halogens is 1. The molecule has 1 aromatic heterocycles. The lowest BCUT2D eigenvalue weighted by molar-refractivity contribution is -0.137. The molecule has 0 spiro atoms. The van der Waals surface area contributed by atoms with Crippen LogP contribution >= 0.6 is 11.6 Å². The Morgan fingerprint density at radius 1 is 1.38 bits per heavy atom. The van der Waals surface area contributed by atoms with Gasteiger partial charge in [-0.05, 0) is 31.0 Å². The molecule has 1 N–H and O–H groups in total. The molecule has 5 nitrogen and oxygen atoms in total. The van der Waals surface area contributed by atoms with Gasteiger partial charge in [0.05, 0.1) is 5.69 Å². The Hall–Kier alpha value is -2.14. The summed E-state index contributed by atoms with van der Waals surface area (Å²) >= 11 is 6.00. The van der Waals surface area contributed by atoms with Gasteiger partial charge in [-0.25, -0.2) is 9.97 Å². The van der Waals surface area contributed by atoms with E-state index in [0.717, 1.165) is 42.8 Å². The Morgan fingerprint density at radius 3 is 2.96 bits per heavy atom. The highest BCUT2D eigenvalue weighted by atomic mass is 35.5. The van der Waals surface area contributed by atoms with E-state index in [1.54, 1.807) is 0 Å². The molecule has 1 saturated carbocycles. The summed E-state index contributed by atoms with van der Waals surface area (Å²) in [6.07, 6.45) is 4.61. The van der Waals surface area contributed by atoms with Crippen LogP contribution in [0.15, 0.2) is 30.5 Å². The molecule has 0 radical (unpaired) electrons. The van der Waals surface area contributed by atoms with Crippen molar-refractivity contribution in [2.24, 2.45) is 5.41 Å². The molecular weight excluding hydrogens is 324 g/mol. The van der Waals surface area contributed by atoms with Gasteiger partial charge in [0.15, 0.2) is 0 Å². The normalized spacial score (nSPS) is 18.0. The quantitative estimate of drug-likeness (QED) is 0.926. The van der Waals surface area contributed by atoms with Gasteiger partial charge in [0.2, 0.25) is 11.9 Å². The highest BCUT2D eigenvalue weighted by Crippen LogP contribution is 2.47. The number of fused-ring (bicyclic) bond motifs is 1. The second-order valence-electron chi connectivity index (χ2n) is 6.84. The lowest BCUT2D eigenvalue weighted by atomic mass is 10.0. The summed E-state index contributed by atoms with van der Waals surface area (Å²) in [7, 11) is 0. The van der Waals surface area contributed by atoms with Crippen LogP contribution in [0.2, 0.25) is 5.02 Å². The zero-order valence-corrected chi connectivity index (χ0v) is 14.3. The monoisotopic (exact) mass is 342 g/mol. The number of carbonyl (C=O) groups excluding carboxylic acids is 1. The fourth-order valence-corrected chi connectivity index (χ4v) is 3.22. The summed E-state index contributed by atoms with van der Waals surface area (Å²) in [5.74, 6) is 0.833. The molecule has 0 saturated heterocycles. The fraction of sp³-hybridized carbons (Fsp3) is 0.389. The minimum atomic E-state index is -0.119. The maximum Gasteiger partial charge on any atom is 0.228 e. The van der Waals surface area contributed by atoms with Crippen LogP contribution in [0.5, 0.6) is 0 Å². The SMILES string of the molecule is CC1(C(=O)N2CCc3nc(Nc4cccc(Cl)c4)ncc3C2)CC1. The second-order valence-corrected chi connectivity index (χ2v) is 7.27. The molecule has 0 bridgehead atoms. The Bertz CT molecular complexity index is 803. The lowest BCUT2D eigenvalue weighted by Gasteiger charge is -2.30. The van der Waals surface area contributed by atoms with Crippen molar-refractivity contribution in [1.82, 2.24) is 14.9 Å². The molecule has 2 aliphatic rings. The number of carbonyl (C=O) groups is 1. The number of benzene rings is 1. The molecule has 24 heavy (non-hydrogen) atoms. The molecule has 1 fully saturated rings. The molecular formula is C18H19ClN4O. The van der Waals surface area contributed by atoms with Gasteiger partial charge in [-0.15, -0.1) is 0 Å². The summed E-state index contributed by atoms with van der Waals surface area (Å²) < 4.78 is 0. The number of nitrogens with one attached hydrogen (secondary N) is 1. The Balaban J connectivity index is 1.50. The first-order valence-electron chi connectivity index (χ1n) is 8.20. The summed E-state index contributed by atoms with van der Waals surface area (Å²) in [6, 6.07) is 7.46. The fourth-order valence-electron chi connectivity index (χ4n) is 3.03. The lowest BCUT2D eigenvalue weighted by Crippen LogP contribution is -2.40. The topological polar surface area (TPSA) is 58.1 Å². The molecule has 1 aliphatic carbocycles. The van der Waals surface area contributed by atoms with Gasteiger partial charge in [0, 0.05) is 47.4 Å². The van der Waals surface area contributed by atoms with Gasteiger partial charge < -0.3 is 10.2 Å². The highest BCUT2D eigenvalue weighted by molar-refractivity contribution is 6.30. The Kier molecular flexibility index (Phi) is 3.68. The van der Waals surface area contributed by atoms with Crippen LogP contribution in [0, 0.1) is 5.41 Å². The third kappa shape index (κ3) is 2.96. The largest absolute Gasteiger partial charge is 0.337 e. The molecule has 0 unspecified atom stereocenters. The van der Waals surface area contributed by atoms with E-state index in [0.29, 0.717) is 17.5 Å². The number of hydrogen-bond donors (Lipinski definition) is 1. The van der Waals surface area contributed by atoms with E-state index in [4.69, 9.17) is 11.6 Å². The molecule has 6 heteroatoms. The van der Waals surface area contributed by atoms with Crippen molar-refractivity contribution >= 4 is 29.1 Å². The Morgan fingerprint density at radius 2 is 2.21 bits per heavy atom. The maximum absolute atomic E-state index is 12.5. The number of hydrogen-bond acceptors (Lipinski definition) is 4. The van der Waals surface area contributed by atoms with Crippen molar-refractivity contribution < 1.29 is 4.79 Å². The maximum atomic E-state index is 12.5. The second kappa shape index (κ2) is 5.74. The van der Waals surface area contributed by atoms with E-state index in [-0.39, 0.29) is 11.3 Å². The van der Waals surface area contributed by atoms with Gasteiger partial charge in [0.1, 0.15) is 0 Å². The number of aromatic nitrogens is 2. The number of anilines is 2. The van der Waals surface area contributed by atoms with E-state index in [1.165, 1.54) is 0 Å². The van der Waals surface area contributed by atoms with Gasteiger partial charge in [0.25, 0.3) is 0 Å². The van der Waals surface area contributed by atoms with E-state index in [2.05, 4.69) is 22.2 Å². The third-order valence-electron chi connectivity index (χ3n) is 4.82. The van der Waals surface area contributed by atoms with Crippen LogP contribution < -0.4 is 5.32 Å². The van der Waals surface area contributed by atoms with Crippen molar-refractivity contribution in [1.29, 1.82) is 0 Å². The van der Waals surface area contributed by atoms with Crippen molar-refractivity contribution in [3.63, 3.8) is 0 Å². The number of amides is 1. The zero-order chi connectivity index (χ0) is 16.7. The van der Waals surface area contributed by atoms with Crippen LogP contribution in [0.3, 0.4) is 0 Å². The summed E-state index contributed by atoms with van der Waals surface area (Å²) in [4.78, 5) is 23.4. The first-order chi connectivity index (χ1) is 11.5. The molecule has 1 aliphatic heterocycles. The summed E-state index contributed by atoms with van der Waals surface area (Å²) in [5, 5.41) is 3.84. The average Bonchev–Trinajstić information content (AvgIpc) is 3.33. The van der Waals surface area contributed by atoms with Crippen LogP contribution in [-0.4, -0.2) is 27.3 Å². The van der Waals surface area contributed by atoms with Crippen LogP contribution in [0.1, 0.15) is 31.0 Å². The highest BCUT2D eigenvalue weighted by Gasteiger charge is 2.47. The first kappa shape index (κ1) is 15.4. The zero-order valence-electron chi connectivity index (χ0n) is 13.6. The van der Waals surface area contributed by atoms with Gasteiger partial charge in [-0.3, -0.25) is 4.79 Å². The predicted molar refractivity (Wildman–Crippen MR) is 93.2 cm³/mol. The summed E-state index contributed by atoms with van der Waals surface area (Å²) in [5.41, 5.74) is 2.79. The standard InChI is InChI=1S/C18H19ClN4O/c1-18(6-7-18)16(24)23-8-5-15-12(11-23)10-20-17(22-15)21-14-4-2-3-13(19)9-14/h2-4,9-10H,5-8,11H2,1H3,(H,20,21,22). The van der Waals surface area contributed by atoms with Crippen molar-refractivity contribution in [2.45, 2.75) is 32.7 Å². The molecule has 4 rings (SSSR count). The minimum Gasteiger partial charge on any atom is -0.337 e. The molecule has 2 heterocycles. The van der Waals surface area contributed by atoms with Crippen molar-refractivity contribution in [2.75, 3.05) is 11.9 Å². The smallest absolute Gasteiger partial charge is 0.228 e. The van der Waals surface area contributed by atoms with Crippen LogP contribution in [0.25, 0.3) is 0 Å². The average molecular weight is 343 g/mol. The molecule has 0 atom stereocenters. The first-order valence-corrected chi connectivity index (χ1v) is 8.58. The van der Waals surface area contributed by atoms with E-state index < -0.39 is 0 Å². The molecule has 2 aromatic rings. The van der Waals surface area contributed by atoms with E-state index >= 15 is 0 Å². The molecule has 124 valence electrons. The minimum absolute atomic E-state index is 0.119. The number of rotatable bonds is 3. The van der Waals surface area contributed by atoms with Crippen molar-refractivity contribution in [3.8, 4) is 0 Å². The van der Waals surface area contributed by atoms with E-state index in [9.17, 15) is 4.79 Å².